The van der Waals surface area contributed by atoms with E-state index in [-0.39, 0.29) is 12.5 Å². The molecule has 1 saturated heterocycles. The number of hydrogen-bond acceptors (Lipinski definition) is 6. The number of anilines is 1. The van der Waals surface area contributed by atoms with Gasteiger partial charge in [0.2, 0.25) is 5.91 Å². The second-order valence-electron chi connectivity index (χ2n) is 6.87. The minimum Gasteiger partial charge on any atom is -0.325 e. The maximum absolute atomic E-state index is 12.0. The second kappa shape index (κ2) is 8.72. The lowest BCUT2D eigenvalue weighted by Crippen LogP contribution is -2.28. The van der Waals surface area contributed by atoms with Crippen LogP contribution in [0.2, 0.25) is 0 Å². The molecule has 1 amide bonds. The van der Waals surface area contributed by atoms with Crippen molar-refractivity contribution in [3.05, 3.63) is 48.4 Å². The van der Waals surface area contributed by atoms with Gasteiger partial charge in [0.1, 0.15) is 0 Å². The molecule has 0 saturated carbocycles. The van der Waals surface area contributed by atoms with Gasteiger partial charge in [0.05, 0.1) is 24.0 Å². The molecule has 1 aliphatic heterocycles. The largest absolute Gasteiger partial charge is 0.325 e. The van der Waals surface area contributed by atoms with Crippen LogP contribution in [0.1, 0.15) is 24.5 Å². The molecule has 8 heteroatoms. The molecule has 0 bridgehead atoms. The van der Waals surface area contributed by atoms with Crippen LogP contribution < -0.4 is 15.4 Å². The first-order chi connectivity index (χ1) is 13.7. The number of carbonyl (C=O) groups excluding carboxylic acids is 1. The Morgan fingerprint density at radius 1 is 1.39 bits per heavy atom. The van der Waals surface area contributed by atoms with Crippen LogP contribution in [0.25, 0.3) is 16.8 Å². The lowest BCUT2D eigenvalue weighted by molar-refractivity contribution is -0.115. The molecule has 4 rings (SSSR count). The van der Waals surface area contributed by atoms with Crippen molar-refractivity contribution >= 4 is 29.1 Å². The van der Waals surface area contributed by atoms with Gasteiger partial charge >= 0.3 is 0 Å². The Morgan fingerprint density at radius 2 is 2.32 bits per heavy atom. The van der Waals surface area contributed by atoms with E-state index >= 15 is 0 Å². The fourth-order valence-corrected chi connectivity index (χ4v) is 3.81. The number of carbonyl (C=O) groups is 1. The van der Waals surface area contributed by atoms with Gasteiger partial charge in [0, 0.05) is 35.6 Å². The predicted octanol–water partition coefficient (Wildman–Crippen LogP) is 2.67. The van der Waals surface area contributed by atoms with E-state index < -0.39 is 0 Å². The van der Waals surface area contributed by atoms with E-state index in [1.807, 2.05) is 41.4 Å². The fraction of sp³-hybridized carbons (Fsp3) is 0.350. The Hall–Kier alpha value is -2.42. The van der Waals surface area contributed by atoms with Crippen LogP contribution in [0.15, 0.2) is 42.7 Å². The van der Waals surface area contributed by atoms with Gasteiger partial charge in [-0.25, -0.2) is 4.52 Å². The highest BCUT2D eigenvalue weighted by Crippen LogP contribution is 2.28. The molecule has 28 heavy (non-hydrogen) atoms. The topological polar surface area (TPSA) is 83.4 Å². The van der Waals surface area contributed by atoms with Gasteiger partial charge < -0.3 is 10.6 Å². The van der Waals surface area contributed by atoms with Crippen molar-refractivity contribution in [3.8, 4) is 11.3 Å². The molecule has 1 aliphatic rings. The molecule has 0 radical (unpaired) electrons. The highest BCUT2D eigenvalue weighted by molar-refractivity contribution is 7.96. The molecule has 146 valence electrons. The number of fused-ring (bicyclic) bond motifs is 1. The number of rotatable bonds is 6. The smallest absolute Gasteiger partial charge is 0.239 e. The van der Waals surface area contributed by atoms with E-state index in [0.29, 0.717) is 5.92 Å². The van der Waals surface area contributed by atoms with Gasteiger partial charge in [-0.15, -0.1) is 0 Å². The third-order valence-electron chi connectivity index (χ3n) is 4.94. The lowest BCUT2D eigenvalue weighted by Gasteiger charge is -2.22. The number of nitrogens with one attached hydrogen (secondary N) is 3. The van der Waals surface area contributed by atoms with Crippen molar-refractivity contribution in [1.82, 2.24) is 24.6 Å². The fourth-order valence-electron chi connectivity index (χ4n) is 3.53. The second-order valence-corrected chi connectivity index (χ2v) is 7.56. The zero-order valence-corrected chi connectivity index (χ0v) is 16.6. The Morgan fingerprint density at radius 3 is 3.14 bits per heavy atom. The van der Waals surface area contributed by atoms with Crippen LogP contribution in [0, 0.1) is 0 Å². The summed E-state index contributed by atoms with van der Waals surface area (Å²) in [5, 5.41) is 10.8. The first-order valence-electron chi connectivity index (χ1n) is 9.46. The van der Waals surface area contributed by atoms with E-state index in [0.717, 1.165) is 41.2 Å². The van der Waals surface area contributed by atoms with Crippen LogP contribution in [0.5, 0.6) is 0 Å². The standard InChI is InChI=1S/C20H24N6OS/c1-28-23-13-20(27)24-15-7-9-26-19(10-15)16(12-22-26)18-6-2-5-17(25-18)14-4-3-8-21-11-14/h2,5-7,9-10,12,14,21,23H,3-4,8,11,13H2,1H3,(H,24,27). The molecule has 4 heterocycles. The minimum absolute atomic E-state index is 0.0790. The van der Waals surface area contributed by atoms with Gasteiger partial charge in [-0.1, -0.05) is 18.0 Å². The average Bonchev–Trinajstić information content (AvgIpc) is 3.16. The van der Waals surface area contributed by atoms with Crippen LogP contribution >= 0.6 is 11.9 Å². The molecule has 1 unspecified atom stereocenters. The van der Waals surface area contributed by atoms with Crippen molar-refractivity contribution in [3.63, 3.8) is 0 Å². The molecule has 1 atom stereocenters. The predicted molar refractivity (Wildman–Crippen MR) is 113 cm³/mol. The summed E-state index contributed by atoms with van der Waals surface area (Å²) in [5.74, 6) is 0.374. The zero-order valence-electron chi connectivity index (χ0n) is 15.8. The Labute approximate surface area is 168 Å². The van der Waals surface area contributed by atoms with Crippen LogP contribution in [0.3, 0.4) is 0 Å². The van der Waals surface area contributed by atoms with Crippen molar-refractivity contribution in [2.45, 2.75) is 18.8 Å². The molecule has 0 spiro atoms. The number of piperidine rings is 1. The van der Waals surface area contributed by atoms with Gasteiger partial charge in [0.25, 0.3) is 0 Å². The number of hydrogen-bond donors (Lipinski definition) is 3. The Kier molecular flexibility index (Phi) is 5.90. The van der Waals surface area contributed by atoms with E-state index in [2.05, 4.69) is 32.6 Å². The first-order valence-corrected chi connectivity index (χ1v) is 10.7. The summed E-state index contributed by atoms with van der Waals surface area (Å²) in [5.41, 5.74) is 4.66. The number of aromatic nitrogens is 3. The molecule has 0 aromatic carbocycles. The minimum atomic E-state index is -0.0790. The van der Waals surface area contributed by atoms with Gasteiger partial charge in [-0.2, -0.15) is 5.10 Å². The molecule has 3 aromatic heterocycles. The van der Waals surface area contributed by atoms with Crippen LogP contribution in [-0.4, -0.2) is 46.4 Å². The quantitative estimate of drug-likeness (QED) is 0.556. The van der Waals surface area contributed by atoms with Crippen molar-refractivity contribution in [1.29, 1.82) is 0 Å². The summed E-state index contributed by atoms with van der Waals surface area (Å²) in [6, 6.07) is 9.98. The maximum atomic E-state index is 12.0. The molecule has 3 N–H and O–H groups in total. The Balaban J connectivity index is 1.61. The molecule has 1 fully saturated rings. The summed E-state index contributed by atoms with van der Waals surface area (Å²) in [4.78, 5) is 16.9. The van der Waals surface area contributed by atoms with Gasteiger partial charge in [0.15, 0.2) is 0 Å². The third-order valence-corrected chi connectivity index (χ3v) is 5.38. The summed E-state index contributed by atoms with van der Waals surface area (Å²) in [6.07, 6.45) is 7.93. The third kappa shape index (κ3) is 4.19. The lowest BCUT2D eigenvalue weighted by atomic mass is 9.95. The van der Waals surface area contributed by atoms with E-state index in [9.17, 15) is 4.79 Å². The molecule has 0 aliphatic carbocycles. The Bertz CT molecular complexity index is 966. The monoisotopic (exact) mass is 396 g/mol. The maximum Gasteiger partial charge on any atom is 0.239 e. The first kappa shape index (κ1) is 18.9. The normalized spacial score (nSPS) is 17.0. The van der Waals surface area contributed by atoms with Crippen molar-refractivity contribution < 1.29 is 4.79 Å². The van der Waals surface area contributed by atoms with Gasteiger partial charge in [-0.3, -0.25) is 14.5 Å². The molecule has 7 nitrogen and oxygen atoms in total. The van der Waals surface area contributed by atoms with Crippen LogP contribution in [-0.2, 0) is 4.79 Å². The van der Waals surface area contributed by atoms with E-state index in [1.54, 1.807) is 0 Å². The molecular weight excluding hydrogens is 372 g/mol. The number of amides is 1. The average molecular weight is 397 g/mol. The summed E-state index contributed by atoms with van der Waals surface area (Å²) >= 11 is 1.42. The van der Waals surface area contributed by atoms with Crippen molar-refractivity contribution in [2.75, 3.05) is 31.2 Å². The SMILES string of the molecule is CSNCC(=O)Nc1ccn2ncc(-c3cccc(C4CCCNC4)n3)c2c1. The highest BCUT2D eigenvalue weighted by atomic mass is 32.2. The van der Waals surface area contributed by atoms with Gasteiger partial charge in [-0.05, 0) is 49.9 Å². The molecule has 3 aromatic rings. The summed E-state index contributed by atoms with van der Waals surface area (Å²) < 4.78 is 4.75. The van der Waals surface area contributed by atoms with E-state index in [1.165, 1.54) is 24.8 Å². The number of pyridine rings is 2. The summed E-state index contributed by atoms with van der Waals surface area (Å²) in [7, 11) is 0. The summed E-state index contributed by atoms with van der Waals surface area (Å²) in [6.45, 7) is 2.33. The van der Waals surface area contributed by atoms with Crippen molar-refractivity contribution in [2.24, 2.45) is 0 Å². The van der Waals surface area contributed by atoms with Crippen LogP contribution in [0.4, 0.5) is 5.69 Å². The highest BCUT2D eigenvalue weighted by Gasteiger charge is 2.18. The van der Waals surface area contributed by atoms with E-state index in [4.69, 9.17) is 4.98 Å². The molecular formula is C20H24N6OS. The zero-order chi connectivity index (χ0) is 19.3. The number of nitrogens with zero attached hydrogens (tertiary/aromatic N) is 3.